The normalized spacial score (nSPS) is 10.1. The molecule has 0 saturated heterocycles. The van der Waals surface area contributed by atoms with Gasteiger partial charge in [-0.2, -0.15) is 5.26 Å². The van der Waals surface area contributed by atoms with Gasteiger partial charge in [-0.3, -0.25) is 4.79 Å². The largest absolute Gasteiger partial charge is 0.399 e. The molecule has 5 nitrogen and oxygen atoms in total. The fraction of sp³-hybridized carbons (Fsp3) is 0.385. The van der Waals surface area contributed by atoms with Gasteiger partial charge < -0.3 is 15.4 Å². The summed E-state index contributed by atoms with van der Waals surface area (Å²) in [5.41, 5.74) is 6.26. The van der Waals surface area contributed by atoms with Gasteiger partial charge in [-0.15, -0.1) is 0 Å². The van der Waals surface area contributed by atoms with Crippen molar-refractivity contribution < 1.29 is 9.53 Å². The van der Waals surface area contributed by atoms with Crippen molar-refractivity contribution in [3.05, 3.63) is 27.7 Å². The number of nitrogens with two attached hydrogens (primary N) is 1. The van der Waals surface area contributed by atoms with Crippen LogP contribution in [0.25, 0.3) is 0 Å². The fourth-order valence-corrected chi connectivity index (χ4v) is 2.06. The number of halogens is 2. The number of amides is 1. The van der Waals surface area contributed by atoms with Crippen LogP contribution in [-0.2, 0) is 4.74 Å². The average Bonchev–Trinajstić information content (AvgIpc) is 2.42. The third kappa shape index (κ3) is 4.27. The summed E-state index contributed by atoms with van der Waals surface area (Å²) in [6, 6.07) is 4.96. The molecule has 1 aromatic carbocycles. The molecule has 0 aliphatic rings. The minimum atomic E-state index is -0.323. The number of benzene rings is 1. The minimum Gasteiger partial charge on any atom is -0.399 e. The number of ether oxygens (including phenoxy) is 1. The first-order valence-corrected chi connectivity index (χ1v) is 6.66. The van der Waals surface area contributed by atoms with E-state index in [1.54, 1.807) is 0 Å². The standard InChI is InChI=1S/C13H15Cl2N3O2/c1-20-6-5-18(4-2-3-16)13(19)10-7-9(17)8-11(14)12(10)15/h7-8H,2,4-6,17H2,1H3. The summed E-state index contributed by atoms with van der Waals surface area (Å²) in [6.07, 6.45) is 0.225. The molecule has 108 valence electrons. The molecule has 1 aromatic rings. The quantitative estimate of drug-likeness (QED) is 0.818. The Hall–Kier alpha value is -1.48. The summed E-state index contributed by atoms with van der Waals surface area (Å²) in [5, 5.41) is 9.03. The maximum atomic E-state index is 12.4. The van der Waals surface area contributed by atoms with Crippen molar-refractivity contribution in [2.45, 2.75) is 6.42 Å². The molecule has 1 rings (SSSR count). The van der Waals surface area contributed by atoms with Gasteiger partial charge in [-0.1, -0.05) is 23.2 Å². The summed E-state index contributed by atoms with van der Waals surface area (Å²) in [6.45, 7) is 1.02. The van der Waals surface area contributed by atoms with Crippen molar-refractivity contribution >= 4 is 34.8 Å². The van der Waals surface area contributed by atoms with Crippen LogP contribution >= 0.6 is 23.2 Å². The van der Waals surface area contributed by atoms with Crippen LogP contribution in [0, 0.1) is 11.3 Å². The van der Waals surface area contributed by atoms with Crippen molar-refractivity contribution in [2.24, 2.45) is 0 Å². The molecule has 2 N–H and O–H groups in total. The van der Waals surface area contributed by atoms with Crippen molar-refractivity contribution in [3.63, 3.8) is 0 Å². The van der Waals surface area contributed by atoms with Gasteiger partial charge in [0.1, 0.15) is 0 Å². The molecular formula is C13H15Cl2N3O2. The van der Waals surface area contributed by atoms with Crippen LogP contribution in [0.2, 0.25) is 10.0 Å². The number of nitrogens with zero attached hydrogens (tertiary/aromatic N) is 2. The zero-order valence-corrected chi connectivity index (χ0v) is 12.5. The van der Waals surface area contributed by atoms with Crippen LogP contribution in [0.5, 0.6) is 0 Å². The Balaban J connectivity index is 3.02. The first-order valence-electron chi connectivity index (χ1n) is 5.91. The third-order valence-electron chi connectivity index (χ3n) is 2.63. The zero-order chi connectivity index (χ0) is 15.1. The molecule has 0 radical (unpaired) electrons. The van der Waals surface area contributed by atoms with Crippen molar-refractivity contribution in [1.82, 2.24) is 4.90 Å². The number of nitriles is 1. The van der Waals surface area contributed by atoms with Gasteiger partial charge in [0.2, 0.25) is 0 Å². The number of carbonyl (C=O) groups excluding carboxylic acids is 1. The van der Waals surface area contributed by atoms with Gasteiger partial charge in [0.05, 0.1) is 34.7 Å². The highest BCUT2D eigenvalue weighted by Crippen LogP contribution is 2.29. The molecule has 20 heavy (non-hydrogen) atoms. The predicted octanol–water partition coefficient (Wildman–Crippen LogP) is 2.58. The minimum absolute atomic E-state index is 0.158. The second-order valence-corrected chi connectivity index (χ2v) is 4.84. The highest BCUT2D eigenvalue weighted by atomic mass is 35.5. The molecule has 0 fully saturated rings. The van der Waals surface area contributed by atoms with E-state index in [2.05, 4.69) is 0 Å². The van der Waals surface area contributed by atoms with E-state index in [-0.39, 0.29) is 27.9 Å². The Labute approximate surface area is 127 Å². The first kappa shape index (κ1) is 16.6. The van der Waals surface area contributed by atoms with E-state index in [0.717, 1.165) is 0 Å². The van der Waals surface area contributed by atoms with Crippen LogP contribution in [0.4, 0.5) is 5.69 Å². The highest BCUT2D eigenvalue weighted by Gasteiger charge is 2.20. The Morgan fingerprint density at radius 2 is 2.15 bits per heavy atom. The Kier molecular flexibility index (Phi) is 6.59. The Morgan fingerprint density at radius 3 is 2.75 bits per heavy atom. The number of carbonyl (C=O) groups is 1. The van der Waals surface area contributed by atoms with Crippen molar-refractivity contribution in [2.75, 3.05) is 32.5 Å². The highest BCUT2D eigenvalue weighted by molar-refractivity contribution is 6.44. The molecule has 7 heteroatoms. The van der Waals surface area contributed by atoms with Crippen LogP contribution in [0.1, 0.15) is 16.8 Å². The molecular weight excluding hydrogens is 301 g/mol. The molecule has 0 unspecified atom stereocenters. The lowest BCUT2D eigenvalue weighted by molar-refractivity contribution is 0.0700. The summed E-state index contributed by atoms with van der Waals surface area (Å²) in [5.74, 6) is -0.323. The summed E-state index contributed by atoms with van der Waals surface area (Å²) in [7, 11) is 1.54. The molecule has 0 aromatic heterocycles. The van der Waals surface area contributed by atoms with E-state index in [0.29, 0.717) is 25.4 Å². The molecule has 0 spiro atoms. The molecule has 0 heterocycles. The molecule has 0 aliphatic heterocycles. The number of nitrogen functional groups attached to an aromatic ring is 1. The summed E-state index contributed by atoms with van der Waals surface area (Å²) in [4.78, 5) is 13.9. The van der Waals surface area contributed by atoms with E-state index in [4.69, 9.17) is 38.9 Å². The lowest BCUT2D eigenvalue weighted by atomic mass is 10.1. The van der Waals surface area contributed by atoms with Crippen LogP contribution in [0.15, 0.2) is 12.1 Å². The van der Waals surface area contributed by atoms with Crippen LogP contribution in [-0.4, -0.2) is 37.6 Å². The Morgan fingerprint density at radius 1 is 1.45 bits per heavy atom. The average molecular weight is 316 g/mol. The predicted molar refractivity (Wildman–Crippen MR) is 78.9 cm³/mol. The second-order valence-electron chi connectivity index (χ2n) is 4.06. The Bertz CT molecular complexity index is 529. The van der Waals surface area contributed by atoms with Gasteiger partial charge in [0.15, 0.2) is 0 Å². The topological polar surface area (TPSA) is 79.3 Å². The molecule has 0 bridgehead atoms. The van der Waals surface area contributed by atoms with Gasteiger partial charge in [0, 0.05) is 25.9 Å². The number of methoxy groups -OCH3 is 1. The number of hydrogen-bond acceptors (Lipinski definition) is 4. The van der Waals surface area contributed by atoms with Crippen molar-refractivity contribution in [3.8, 4) is 6.07 Å². The summed E-state index contributed by atoms with van der Waals surface area (Å²) < 4.78 is 4.96. The van der Waals surface area contributed by atoms with E-state index in [1.807, 2.05) is 6.07 Å². The maximum absolute atomic E-state index is 12.4. The lowest BCUT2D eigenvalue weighted by Crippen LogP contribution is -2.35. The second kappa shape index (κ2) is 7.95. The van der Waals surface area contributed by atoms with E-state index >= 15 is 0 Å². The van der Waals surface area contributed by atoms with E-state index in [1.165, 1.54) is 24.1 Å². The first-order chi connectivity index (χ1) is 9.51. The zero-order valence-electron chi connectivity index (χ0n) is 11.0. The number of hydrogen-bond donors (Lipinski definition) is 1. The van der Waals surface area contributed by atoms with Crippen molar-refractivity contribution in [1.29, 1.82) is 5.26 Å². The molecule has 1 amide bonds. The van der Waals surface area contributed by atoms with Gasteiger partial charge in [-0.25, -0.2) is 0 Å². The monoisotopic (exact) mass is 315 g/mol. The SMILES string of the molecule is COCCN(CCC#N)C(=O)c1cc(N)cc(Cl)c1Cl. The van der Waals surface area contributed by atoms with Gasteiger partial charge >= 0.3 is 0 Å². The third-order valence-corrected chi connectivity index (χ3v) is 3.43. The number of rotatable bonds is 6. The lowest BCUT2D eigenvalue weighted by Gasteiger charge is -2.22. The van der Waals surface area contributed by atoms with Crippen LogP contribution in [0.3, 0.4) is 0 Å². The van der Waals surface area contributed by atoms with Gasteiger partial charge in [-0.05, 0) is 12.1 Å². The smallest absolute Gasteiger partial charge is 0.255 e. The van der Waals surface area contributed by atoms with Gasteiger partial charge in [0.25, 0.3) is 5.91 Å². The maximum Gasteiger partial charge on any atom is 0.255 e. The van der Waals surface area contributed by atoms with E-state index < -0.39 is 0 Å². The molecule has 0 aliphatic carbocycles. The summed E-state index contributed by atoms with van der Waals surface area (Å²) >= 11 is 12.0. The van der Waals surface area contributed by atoms with E-state index in [9.17, 15) is 4.79 Å². The number of anilines is 1. The molecule has 0 atom stereocenters. The molecule has 0 saturated carbocycles. The fourth-order valence-electron chi connectivity index (χ4n) is 1.64. The van der Waals surface area contributed by atoms with Crippen LogP contribution < -0.4 is 5.73 Å².